The lowest BCUT2D eigenvalue weighted by atomic mass is 10.2. The van der Waals surface area contributed by atoms with E-state index in [-0.39, 0.29) is 5.95 Å². The third kappa shape index (κ3) is 3.41. The van der Waals surface area contributed by atoms with E-state index >= 15 is 0 Å². The Morgan fingerprint density at radius 1 is 1.03 bits per heavy atom. The van der Waals surface area contributed by atoms with Crippen LogP contribution in [0.4, 0.5) is 5.95 Å². The van der Waals surface area contributed by atoms with Crippen molar-refractivity contribution < 1.29 is 4.42 Å². The zero-order valence-corrected chi connectivity index (χ0v) is 16.2. The highest BCUT2D eigenvalue weighted by molar-refractivity contribution is 6.35. The van der Waals surface area contributed by atoms with Crippen molar-refractivity contribution in [3.05, 3.63) is 70.4 Å². The quantitative estimate of drug-likeness (QED) is 0.293. The summed E-state index contributed by atoms with van der Waals surface area (Å²) in [6.07, 6.45) is 1.51. The van der Waals surface area contributed by atoms with Gasteiger partial charge in [0.25, 0.3) is 5.95 Å². The van der Waals surface area contributed by atoms with Gasteiger partial charge < -0.3 is 9.40 Å². The van der Waals surface area contributed by atoms with Gasteiger partial charge >= 0.3 is 0 Å². The number of fused-ring (bicyclic) bond motifs is 3. The Balaban J connectivity index is 1.35. The van der Waals surface area contributed by atoms with Crippen LogP contribution in [0.25, 0.3) is 33.4 Å². The van der Waals surface area contributed by atoms with Crippen molar-refractivity contribution in [3.63, 3.8) is 0 Å². The van der Waals surface area contributed by atoms with E-state index in [2.05, 4.69) is 30.7 Å². The first-order chi connectivity index (χ1) is 14.2. The number of nitrogens with zero attached hydrogens (tertiary/aromatic N) is 4. The number of benzene rings is 2. The molecule has 0 saturated heterocycles. The Morgan fingerprint density at radius 3 is 2.86 bits per heavy atom. The number of halogens is 2. The van der Waals surface area contributed by atoms with Crippen LogP contribution in [0.2, 0.25) is 10.0 Å². The van der Waals surface area contributed by atoms with E-state index in [1.54, 1.807) is 30.3 Å². The number of nitrogens with one attached hydrogen (secondary N) is 2. The van der Waals surface area contributed by atoms with Gasteiger partial charge in [0, 0.05) is 21.5 Å². The predicted molar refractivity (Wildman–Crippen MR) is 115 cm³/mol. The molecule has 142 valence electrons. The molecular formula is C20H12Cl2N6O. The smallest absolute Gasteiger partial charge is 0.265 e. The van der Waals surface area contributed by atoms with Gasteiger partial charge in [-0.1, -0.05) is 41.4 Å². The molecule has 5 rings (SSSR count). The monoisotopic (exact) mass is 422 g/mol. The standard InChI is InChI=1S/C20H12Cl2N6O/c21-11-5-7-15(22)14(9-11)17-8-6-12(29-17)10-23-27-20-25-19-18(26-28-20)13-3-1-2-4-16(13)24-19/h1-10H,(H2,24,25,27,28). The SMILES string of the molecule is Clc1ccc(Cl)c(-c2ccc(C=NNc3nnc4c(n3)[nH]c3ccccc34)o2)c1. The molecule has 0 radical (unpaired) electrons. The third-order valence-corrected chi connectivity index (χ3v) is 4.86. The number of hydrogen-bond acceptors (Lipinski definition) is 6. The van der Waals surface area contributed by atoms with Crippen LogP contribution in [-0.2, 0) is 0 Å². The fraction of sp³-hybridized carbons (Fsp3) is 0. The minimum atomic E-state index is 0.268. The van der Waals surface area contributed by atoms with Gasteiger partial charge in [0.2, 0.25) is 0 Å². The fourth-order valence-electron chi connectivity index (χ4n) is 2.97. The highest BCUT2D eigenvalue weighted by Gasteiger charge is 2.10. The molecule has 0 saturated carbocycles. The third-order valence-electron chi connectivity index (χ3n) is 4.30. The summed E-state index contributed by atoms with van der Waals surface area (Å²) in [6, 6.07) is 16.6. The predicted octanol–water partition coefficient (Wildman–Crippen LogP) is 5.52. The Hall–Kier alpha value is -3.42. The molecule has 0 unspecified atom stereocenters. The topological polar surface area (TPSA) is 92.0 Å². The molecule has 3 aromatic heterocycles. The maximum Gasteiger partial charge on any atom is 0.265 e. The molecule has 2 aromatic carbocycles. The lowest BCUT2D eigenvalue weighted by Gasteiger charge is -2.01. The van der Waals surface area contributed by atoms with Crippen LogP contribution in [-0.4, -0.2) is 26.4 Å². The van der Waals surface area contributed by atoms with Crippen molar-refractivity contribution in [2.45, 2.75) is 0 Å². The Bertz CT molecular complexity index is 1370. The number of furan rings is 1. The molecule has 9 heteroatoms. The largest absolute Gasteiger partial charge is 0.455 e. The maximum absolute atomic E-state index is 6.21. The van der Waals surface area contributed by atoms with E-state index in [9.17, 15) is 0 Å². The van der Waals surface area contributed by atoms with E-state index in [0.717, 1.165) is 10.9 Å². The van der Waals surface area contributed by atoms with E-state index < -0.39 is 0 Å². The number of hydrazone groups is 1. The molecular weight excluding hydrogens is 411 g/mol. The summed E-state index contributed by atoms with van der Waals surface area (Å²) < 4.78 is 5.76. The van der Waals surface area contributed by atoms with Crippen molar-refractivity contribution in [1.82, 2.24) is 20.2 Å². The second-order valence-electron chi connectivity index (χ2n) is 6.20. The average Bonchev–Trinajstić information content (AvgIpc) is 3.34. The summed E-state index contributed by atoms with van der Waals surface area (Å²) in [5.41, 5.74) is 5.77. The number of para-hydroxylation sites is 1. The molecule has 2 N–H and O–H groups in total. The summed E-state index contributed by atoms with van der Waals surface area (Å²) in [7, 11) is 0. The van der Waals surface area contributed by atoms with Gasteiger partial charge in [0.1, 0.15) is 17.0 Å². The van der Waals surface area contributed by atoms with Crippen molar-refractivity contribution in [3.8, 4) is 11.3 Å². The van der Waals surface area contributed by atoms with Gasteiger partial charge in [0.05, 0.1) is 11.2 Å². The highest BCUT2D eigenvalue weighted by atomic mass is 35.5. The molecule has 0 aliphatic heterocycles. The first-order valence-electron chi connectivity index (χ1n) is 8.63. The van der Waals surface area contributed by atoms with Crippen LogP contribution < -0.4 is 5.43 Å². The van der Waals surface area contributed by atoms with Crippen LogP contribution in [0, 0.1) is 0 Å². The maximum atomic E-state index is 6.21. The van der Waals surface area contributed by atoms with Gasteiger partial charge in [-0.15, -0.1) is 10.2 Å². The summed E-state index contributed by atoms with van der Waals surface area (Å²) in [6.45, 7) is 0. The van der Waals surface area contributed by atoms with Crippen molar-refractivity contribution in [2.24, 2.45) is 5.10 Å². The Morgan fingerprint density at radius 2 is 1.93 bits per heavy atom. The second-order valence-corrected chi connectivity index (χ2v) is 7.04. The minimum absolute atomic E-state index is 0.268. The van der Waals surface area contributed by atoms with Crippen LogP contribution in [0.5, 0.6) is 0 Å². The summed E-state index contributed by atoms with van der Waals surface area (Å²) in [4.78, 5) is 7.61. The number of anilines is 1. The molecule has 0 atom stereocenters. The molecule has 0 spiro atoms. The number of H-pyrrole nitrogens is 1. The molecule has 0 amide bonds. The van der Waals surface area contributed by atoms with E-state index in [1.165, 1.54) is 6.21 Å². The lowest BCUT2D eigenvalue weighted by molar-refractivity contribution is 0.575. The minimum Gasteiger partial charge on any atom is -0.455 e. The van der Waals surface area contributed by atoms with Crippen molar-refractivity contribution in [1.29, 1.82) is 0 Å². The second kappa shape index (κ2) is 7.20. The number of hydrogen-bond donors (Lipinski definition) is 2. The normalized spacial score (nSPS) is 11.7. The number of aromatic amines is 1. The molecule has 5 aromatic rings. The van der Waals surface area contributed by atoms with Gasteiger partial charge in [0.15, 0.2) is 5.65 Å². The van der Waals surface area contributed by atoms with Crippen LogP contribution in [0.15, 0.2) is 64.1 Å². The number of rotatable bonds is 4. The molecule has 7 nitrogen and oxygen atoms in total. The Kier molecular flexibility index (Phi) is 4.38. The van der Waals surface area contributed by atoms with Crippen LogP contribution in [0.1, 0.15) is 5.76 Å². The zero-order chi connectivity index (χ0) is 19.8. The molecule has 0 aliphatic carbocycles. The first-order valence-corrected chi connectivity index (χ1v) is 9.38. The van der Waals surface area contributed by atoms with Gasteiger partial charge in [-0.3, -0.25) is 0 Å². The molecule has 3 heterocycles. The van der Waals surface area contributed by atoms with Gasteiger partial charge in [-0.25, -0.2) is 5.43 Å². The zero-order valence-electron chi connectivity index (χ0n) is 14.7. The summed E-state index contributed by atoms with van der Waals surface area (Å²) >= 11 is 12.2. The molecule has 0 bridgehead atoms. The first kappa shape index (κ1) is 17.7. The van der Waals surface area contributed by atoms with Crippen LogP contribution >= 0.6 is 23.2 Å². The summed E-state index contributed by atoms with van der Waals surface area (Å²) in [5, 5.41) is 14.5. The van der Waals surface area contributed by atoms with Gasteiger partial charge in [-0.2, -0.15) is 10.1 Å². The molecule has 0 aliphatic rings. The van der Waals surface area contributed by atoms with Crippen molar-refractivity contribution >= 4 is 57.4 Å². The fourth-order valence-corrected chi connectivity index (χ4v) is 3.36. The van der Waals surface area contributed by atoms with Crippen molar-refractivity contribution in [2.75, 3.05) is 5.43 Å². The average molecular weight is 423 g/mol. The van der Waals surface area contributed by atoms with E-state index in [1.807, 2.05) is 24.3 Å². The van der Waals surface area contributed by atoms with Crippen LogP contribution in [0.3, 0.4) is 0 Å². The molecule has 29 heavy (non-hydrogen) atoms. The summed E-state index contributed by atoms with van der Waals surface area (Å²) in [5.74, 6) is 1.39. The van der Waals surface area contributed by atoms with E-state index in [4.69, 9.17) is 27.6 Å². The van der Waals surface area contributed by atoms with Gasteiger partial charge in [-0.05, 0) is 36.4 Å². The lowest BCUT2D eigenvalue weighted by Crippen LogP contribution is -1.98. The molecule has 0 fully saturated rings. The van der Waals surface area contributed by atoms with E-state index in [0.29, 0.717) is 38.3 Å². The Labute approximate surface area is 174 Å². The highest BCUT2D eigenvalue weighted by Crippen LogP contribution is 2.31. The number of aromatic nitrogens is 4.